The third-order valence-electron chi connectivity index (χ3n) is 4.00. The third kappa shape index (κ3) is 5.27. The molecular formula is C20H25NO6. The molecule has 1 unspecified atom stereocenters. The maximum absolute atomic E-state index is 11.6. The van der Waals surface area contributed by atoms with E-state index in [-0.39, 0.29) is 6.61 Å². The number of rotatable bonds is 9. The lowest BCUT2D eigenvalue weighted by molar-refractivity contribution is 0.0600. The first-order valence-electron chi connectivity index (χ1n) is 8.41. The Kier molecular flexibility index (Phi) is 7.31. The quantitative estimate of drug-likeness (QED) is 0.674. The van der Waals surface area contributed by atoms with E-state index in [1.165, 1.54) is 20.3 Å². The lowest BCUT2D eigenvalue weighted by atomic mass is 10.2. The summed E-state index contributed by atoms with van der Waals surface area (Å²) in [6.45, 7) is 0.413. The zero-order valence-corrected chi connectivity index (χ0v) is 16.0. The van der Waals surface area contributed by atoms with E-state index in [1.54, 1.807) is 19.2 Å². The minimum atomic E-state index is -0.745. The highest BCUT2D eigenvalue weighted by Gasteiger charge is 2.15. The van der Waals surface area contributed by atoms with Gasteiger partial charge in [0.15, 0.2) is 11.5 Å². The van der Waals surface area contributed by atoms with E-state index in [0.717, 1.165) is 11.4 Å². The summed E-state index contributed by atoms with van der Waals surface area (Å²) >= 11 is 0. The van der Waals surface area contributed by atoms with Crippen molar-refractivity contribution in [3.63, 3.8) is 0 Å². The first kappa shape index (κ1) is 20.4. The van der Waals surface area contributed by atoms with Gasteiger partial charge >= 0.3 is 5.97 Å². The van der Waals surface area contributed by atoms with Crippen molar-refractivity contribution in [3.8, 4) is 17.2 Å². The minimum Gasteiger partial charge on any atom is -0.495 e. The SMILES string of the molecule is COC(=O)c1ccc(OCC(O)CN(C)c2ccccc2OC)c(OC)c1. The highest BCUT2D eigenvalue weighted by molar-refractivity contribution is 5.90. The number of ether oxygens (including phenoxy) is 4. The molecular weight excluding hydrogens is 350 g/mol. The van der Waals surface area contributed by atoms with Gasteiger partial charge in [0.2, 0.25) is 0 Å². The van der Waals surface area contributed by atoms with Crippen molar-refractivity contribution in [2.45, 2.75) is 6.10 Å². The Morgan fingerprint density at radius 3 is 2.41 bits per heavy atom. The number of hydrogen-bond acceptors (Lipinski definition) is 7. The Morgan fingerprint density at radius 1 is 1.04 bits per heavy atom. The summed E-state index contributed by atoms with van der Waals surface area (Å²) in [6.07, 6.45) is -0.745. The number of carbonyl (C=O) groups excluding carboxylic acids is 1. The second kappa shape index (κ2) is 9.68. The molecule has 7 nitrogen and oxygen atoms in total. The summed E-state index contributed by atoms with van der Waals surface area (Å²) in [5.74, 6) is 1.10. The third-order valence-corrected chi connectivity index (χ3v) is 4.00. The van der Waals surface area contributed by atoms with E-state index >= 15 is 0 Å². The number of aliphatic hydroxyl groups is 1. The number of aliphatic hydroxyl groups excluding tert-OH is 1. The molecule has 0 heterocycles. The van der Waals surface area contributed by atoms with Crippen LogP contribution in [0, 0.1) is 0 Å². The van der Waals surface area contributed by atoms with Crippen LogP contribution < -0.4 is 19.1 Å². The van der Waals surface area contributed by atoms with E-state index < -0.39 is 12.1 Å². The van der Waals surface area contributed by atoms with Gasteiger partial charge in [-0.3, -0.25) is 0 Å². The molecule has 0 amide bonds. The summed E-state index contributed by atoms with van der Waals surface area (Å²) in [5, 5.41) is 10.3. The van der Waals surface area contributed by atoms with Gasteiger partial charge in [-0.25, -0.2) is 4.79 Å². The van der Waals surface area contributed by atoms with Crippen LogP contribution in [0.4, 0.5) is 5.69 Å². The molecule has 7 heteroatoms. The normalized spacial score (nSPS) is 11.4. The second-order valence-electron chi connectivity index (χ2n) is 5.87. The number of benzene rings is 2. The van der Waals surface area contributed by atoms with E-state index in [2.05, 4.69) is 4.74 Å². The number of para-hydroxylation sites is 2. The number of likely N-dealkylation sites (N-methyl/N-ethyl adjacent to an activating group) is 1. The Labute approximate surface area is 159 Å². The van der Waals surface area contributed by atoms with Crippen LogP contribution in [0.5, 0.6) is 17.2 Å². The van der Waals surface area contributed by atoms with E-state index in [0.29, 0.717) is 23.6 Å². The Bertz CT molecular complexity index is 764. The monoisotopic (exact) mass is 375 g/mol. The van der Waals surface area contributed by atoms with E-state index in [1.807, 2.05) is 36.2 Å². The van der Waals surface area contributed by atoms with Crippen LogP contribution in [0.25, 0.3) is 0 Å². The number of carbonyl (C=O) groups is 1. The zero-order chi connectivity index (χ0) is 19.8. The molecule has 0 aliphatic heterocycles. The Hall–Kier alpha value is -2.93. The van der Waals surface area contributed by atoms with Crippen LogP contribution in [-0.2, 0) is 4.74 Å². The van der Waals surface area contributed by atoms with Gasteiger partial charge in [0.05, 0.1) is 32.6 Å². The van der Waals surface area contributed by atoms with Crippen molar-refractivity contribution < 1.29 is 28.8 Å². The first-order valence-corrected chi connectivity index (χ1v) is 8.41. The van der Waals surface area contributed by atoms with Crippen LogP contribution in [-0.4, -0.2) is 58.7 Å². The van der Waals surface area contributed by atoms with Gasteiger partial charge in [-0.15, -0.1) is 0 Å². The Balaban J connectivity index is 1.98. The van der Waals surface area contributed by atoms with Crippen LogP contribution in [0.15, 0.2) is 42.5 Å². The molecule has 2 rings (SSSR count). The predicted molar refractivity (Wildman–Crippen MR) is 102 cm³/mol. The summed E-state index contributed by atoms with van der Waals surface area (Å²) in [4.78, 5) is 13.5. The van der Waals surface area contributed by atoms with Crippen molar-refractivity contribution in [2.75, 3.05) is 46.4 Å². The molecule has 0 bridgehead atoms. The molecule has 0 aliphatic carbocycles. The van der Waals surface area contributed by atoms with Gasteiger partial charge in [0.1, 0.15) is 18.5 Å². The van der Waals surface area contributed by atoms with Crippen LogP contribution >= 0.6 is 0 Å². The minimum absolute atomic E-state index is 0.0629. The van der Waals surface area contributed by atoms with Crippen LogP contribution in [0.1, 0.15) is 10.4 Å². The van der Waals surface area contributed by atoms with Gasteiger partial charge in [0.25, 0.3) is 0 Å². The number of esters is 1. The van der Waals surface area contributed by atoms with Crippen LogP contribution in [0.2, 0.25) is 0 Å². The molecule has 1 atom stereocenters. The molecule has 0 fully saturated rings. The highest BCUT2D eigenvalue weighted by Crippen LogP contribution is 2.29. The molecule has 1 N–H and O–H groups in total. The lowest BCUT2D eigenvalue weighted by Crippen LogP contribution is -2.33. The maximum Gasteiger partial charge on any atom is 0.337 e. The fourth-order valence-electron chi connectivity index (χ4n) is 2.63. The van der Waals surface area contributed by atoms with Gasteiger partial charge in [0, 0.05) is 13.6 Å². The van der Waals surface area contributed by atoms with Gasteiger partial charge in [-0.2, -0.15) is 0 Å². The molecule has 0 saturated carbocycles. The second-order valence-corrected chi connectivity index (χ2v) is 5.87. The standard InChI is InChI=1S/C20H25NO6/c1-21(16-7-5-6-8-17(16)24-2)12-15(22)13-27-18-10-9-14(20(23)26-4)11-19(18)25-3/h5-11,15,22H,12-13H2,1-4H3. The van der Waals surface area contributed by atoms with E-state index in [4.69, 9.17) is 14.2 Å². The van der Waals surface area contributed by atoms with Crippen molar-refractivity contribution in [3.05, 3.63) is 48.0 Å². The van der Waals surface area contributed by atoms with Gasteiger partial charge in [-0.05, 0) is 30.3 Å². The molecule has 27 heavy (non-hydrogen) atoms. The zero-order valence-electron chi connectivity index (χ0n) is 16.0. The molecule has 0 spiro atoms. The van der Waals surface area contributed by atoms with Gasteiger partial charge < -0.3 is 29.0 Å². The molecule has 2 aromatic carbocycles. The number of anilines is 1. The Morgan fingerprint density at radius 2 is 1.74 bits per heavy atom. The number of nitrogens with zero attached hydrogens (tertiary/aromatic N) is 1. The topological polar surface area (TPSA) is 77.5 Å². The highest BCUT2D eigenvalue weighted by atomic mass is 16.5. The first-order chi connectivity index (χ1) is 13.0. The molecule has 146 valence electrons. The fourth-order valence-corrected chi connectivity index (χ4v) is 2.63. The molecule has 0 saturated heterocycles. The van der Waals surface area contributed by atoms with Crippen LogP contribution in [0.3, 0.4) is 0 Å². The molecule has 2 aromatic rings. The fraction of sp³-hybridized carbons (Fsp3) is 0.350. The summed E-state index contributed by atoms with van der Waals surface area (Å²) < 4.78 is 20.9. The summed E-state index contributed by atoms with van der Waals surface area (Å²) in [5.41, 5.74) is 1.23. The van der Waals surface area contributed by atoms with Crippen molar-refractivity contribution in [1.82, 2.24) is 0 Å². The average molecular weight is 375 g/mol. The van der Waals surface area contributed by atoms with E-state index in [9.17, 15) is 9.90 Å². The maximum atomic E-state index is 11.6. The summed E-state index contributed by atoms with van der Waals surface area (Å²) in [7, 11) is 6.27. The number of hydrogen-bond donors (Lipinski definition) is 1. The number of methoxy groups -OCH3 is 3. The average Bonchev–Trinajstić information content (AvgIpc) is 2.71. The molecule has 0 aliphatic rings. The van der Waals surface area contributed by atoms with Crippen molar-refractivity contribution in [1.29, 1.82) is 0 Å². The smallest absolute Gasteiger partial charge is 0.337 e. The predicted octanol–water partition coefficient (Wildman–Crippen LogP) is 2.37. The summed E-state index contributed by atoms with van der Waals surface area (Å²) in [6, 6.07) is 12.3. The van der Waals surface area contributed by atoms with Crippen molar-refractivity contribution >= 4 is 11.7 Å². The van der Waals surface area contributed by atoms with Crippen molar-refractivity contribution in [2.24, 2.45) is 0 Å². The largest absolute Gasteiger partial charge is 0.495 e. The van der Waals surface area contributed by atoms with Gasteiger partial charge in [-0.1, -0.05) is 12.1 Å². The lowest BCUT2D eigenvalue weighted by Gasteiger charge is -2.24. The molecule has 0 aromatic heterocycles. The molecule has 0 radical (unpaired) electrons.